The minimum absolute atomic E-state index is 0.102. The molecule has 2 heterocycles. The molecule has 8 heteroatoms. The number of rotatable bonds is 4. The third-order valence-corrected chi connectivity index (χ3v) is 6.35. The molecule has 1 amide bonds. The van der Waals surface area contributed by atoms with Crippen molar-refractivity contribution in [2.45, 2.75) is 22.8 Å². The van der Waals surface area contributed by atoms with Gasteiger partial charge in [-0.3, -0.25) is 4.79 Å². The minimum atomic E-state index is -3.67. The van der Waals surface area contributed by atoms with Crippen LogP contribution in [0.5, 0.6) is 0 Å². The van der Waals surface area contributed by atoms with Gasteiger partial charge in [-0.25, -0.2) is 8.42 Å². The van der Waals surface area contributed by atoms with Crippen molar-refractivity contribution in [3.63, 3.8) is 0 Å². The van der Waals surface area contributed by atoms with Gasteiger partial charge in [0, 0.05) is 24.1 Å². The van der Waals surface area contributed by atoms with E-state index in [1.165, 1.54) is 35.4 Å². The Kier molecular flexibility index (Phi) is 4.47. The molecule has 1 aromatic carbocycles. The topological polar surface area (TPSA) is 79.6 Å². The molecule has 0 bridgehead atoms. The lowest BCUT2D eigenvalue weighted by Gasteiger charge is -2.17. The summed E-state index contributed by atoms with van der Waals surface area (Å²) in [7, 11) is -2.17. The molecule has 0 spiro atoms. The molecule has 3 rings (SSSR count). The van der Waals surface area contributed by atoms with Crippen molar-refractivity contribution < 1.29 is 17.6 Å². The van der Waals surface area contributed by atoms with Gasteiger partial charge < -0.3 is 9.73 Å². The lowest BCUT2D eigenvalue weighted by atomic mass is 10.3. The molecule has 23 heavy (non-hydrogen) atoms. The Morgan fingerprint density at radius 3 is 2.91 bits per heavy atom. The number of sulfonamides is 1. The summed E-state index contributed by atoms with van der Waals surface area (Å²) in [5.41, 5.74) is 0.546. The predicted octanol–water partition coefficient (Wildman–Crippen LogP) is 2.53. The zero-order valence-electron chi connectivity index (χ0n) is 12.5. The van der Waals surface area contributed by atoms with E-state index in [1.807, 2.05) is 0 Å². The number of carbonyl (C=O) groups excluding carboxylic acids is 1. The van der Waals surface area contributed by atoms with Gasteiger partial charge in [0.1, 0.15) is 5.76 Å². The highest BCUT2D eigenvalue weighted by atomic mass is 32.2. The van der Waals surface area contributed by atoms with E-state index in [-0.39, 0.29) is 17.3 Å². The summed E-state index contributed by atoms with van der Waals surface area (Å²) in [6.07, 6.45) is 1.92. The van der Waals surface area contributed by atoms with E-state index in [2.05, 4.69) is 5.32 Å². The maximum Gasteiger partial charge on any atom is 0.243 e. The Morgan fingerprint density at radius 1 is 1.35 bits per heavy atom. The van der Waals surface area contributed by atoms with Crippen LogP contribution in [-0.4, -0.2) is 31.4 Å². The molecule has 1 N–H and O–H groups in total. The molecule has 0 fully saturated rings. The molecule has 0 aliphatic carbocycles. The summed E-state index contributed by atoms with van der Waals surface area (Å²) in [6.45, 7) is 0.146. The smallest absolute Gasteiger partial charge is 0.243 e. The van der Waals surface area contributed by atoms with Gasteiger partial charge in [0.05, 0.1) is 23.4 Å². The van der Waals surface area contributed by atoms with Gasteiger partial charge >= 0.3 is 0 Å². The van der Waals surface area contributed by atoms with Crippen LogP contribution in [-0.2, 0) is 21.4 Å². The van der Waals surface area contributed by atoms with E-state index in [1.54, 1.807) is 24.3 Å². The first-order chi connectivity index (χ1) is 11.0. The number of hydrogen-bond acceptors (Lipinski definition) is 5. The molecule has 122 valence electrons. The minimum Gasteiger partial charge on any atom is -0.468 e. The Labute approximate surface area is 138 Å². The summed E-state index contributed by atoms with van der Waals surface area (Å²) < 4.78 is 31.8. The number of nitrogens with one attached hydrogen (secondary N) is 1. The second-order valence-electron chi connectivity index (χ2n) is 5.15. The van der Waals surface area contributed by atoms with E-state index in [4.69, 9.17) is 4.42 Å². The average molecular weight is 352 g/mol. The fourth-order valence-electron chi connectivity index (χ4n) is 2.25. The maximum absolute atomic E-state index is 12.7. The van der Waals surface area contributed by atoms with Crippen LogP contribution < -0.4 is 5.32 Å². The number of fused-ring (bicyclic) bond motifs is 1. The molecule has 2 aromatic rings. The molecule has 0 atom stereocenters. The standard InChI is InChI=1S/C15H16N2O4S2/c1-17(10-11-3-2-7-21-11)23(19,20)12-4-5-14-13(9-12)16-15(18)6-8-22-14/h2-5,7,9H,6,8,10H2,1H3,(H,16,18). The summed E-state index contributed by atoms with van der Waals surface area (Å²) in [5.74, 6) is 1.15. The molecule has 0 unspecified atom stereocenters. The highest BCUT2D eigenvalue weighted by Crippen LogP contribution is 2.33. The van der Waals surface area contributed by atoms with Crippen LogP contribution in [0, 0.1) is 0 Å². The van der Waals surface area contributed by atoms with Crippen LogP contribution in [0.2, 0.25) is 0 Å². The normalized spacial score (nSPS) is 15.1. The second kappa shape index (κ2) is 6.38. The van der Waals surface area contributed by atoms with Crippen molar-refractivity contribution in [2.75, 3.05) is 18.1 Å². The summed E-state index contributed by atoms with van der Waals surface area (Å²) in [4.78, 5) is 12.7. The number of benzene rings is 1. The highest BCUT2D eigenvalue weighted by Gasteiger charge is 2.24. The molecule has 0 radical (unpaired) electrons. The van der Waals surface area contributed by atoms with Crippen LogP contribution >= 0.6 is 11.8 Å². The van der Waals surface area contributed by atoms with Gasteiger partial charge in [0.2, 0.25) is 15.9 Å². The molecule has 0 saturated carbocycles. The first kappa shape index (κ1) is 16.1. The Morgan fingerprint density at radius 2 is 2.17 bits per heavy atom. The lowest BCUT2D eigenvalue weighted by Crippen LogP contribution is -2.26. The fourth-order valence-corrected chi connectivity index (χ4v) is 4.35. The molecular weight excluding hydrogens is 336 g/mol. The molecular formula is C15H16N2O4S2. The van der Waals surface area contributed by atoms with Crippen molar-refractivity contribution in [1.82, 2.24) is 4.31 Å². The number of thioether (sulfide) groups is 1. The van der Waals surface area contributed by atoms with Crippen LogP contribution in [0.1, 0.15) is 12.2 Å². The van der Waals surface area contributed by atoms with Gasteiger partial charge in [-0.1, -0.05) is 0 Å². The van der Waals surface area contributed by atoms with E-state index in [0.717, 1.165) is 4.90 Å². The number of furan rings is 1. The average Bonchev–Trinajstić information content (AvgIpc) is 2.93. The van der Waals surface area contributed by atoms with Crippen LogP contribution in [0.15, 0.2) is 50.8 Å². The van der Waals surface area contributed by atoms with Crippen LogP contribution in [0.4, 0.5) is 5.69 Å². The third-order valence-electron chi connectivity index (χ3n) is 3.48. The zero-order valence-corrected chi connectivity index (χ0v) is 14.1. The molecule has 1 aromatic heterocycles. The van der Waals surface area contributed by atoms with Gasteiger partial charge in [0.15, 0.2) is 0 Å². The third kappa shape index (κ3) is 3.44. The van der Waals surface area contributed by atoms with Crippen molar-refractivity contribution in [2.24, 2.45) is 0 Å². The molecule has 0 saturated heterocycles. The Hall–Kier alpha value is -1.77. The van der Waals surface area contributed by atoms with Crippen LogP contribution in [0.25, 0.3) is 0 Å². The quantitative estimate of drug-likeness (QED) is 0.915. The lowest BCUT2D eigenvalue weighted by molar-refractivity contribution is -0.115. The van der Waals surface area contributed by atoms with Crippen molar-refractivity contribution in [1.29, 1.82) is 0 Å². The SMILES string of the molecule is CN(Cc1ccco1)S(=O)(=O)c1ccc2c(c1)NC(=O)CCS2. The number of nitrogens with zero attached hydrogens (tertiary/aromatic N) is 1. The van der Waals surface area contributed by atoms with Crippen LogP contribution in [0.3, 0.4) is 0 Å². The Bertz CT molecular complexity index is 816. The van der Waals surface area contributed by atoms with Crippen molar-refractivity contribution in [3.8, 4) is 0 Å². The molecule has 6 nitrogen and oxygen atoms in total. The fraction of sp³-hybridized carbons (Fsp3) is 0.267. The highest BCUT2D eigenvalue weighted by molar-refractivity contribution is 7.99. The number of hydrogen-bond donors (Lipinski definition) is 1. The monoisotopic (exact) mass is 352 g/mol. The molecule has 1 aliphatic heterocycles. The van der Waals surface area contributed by atoms with E-state index in [9.17, 15) is 13.2 Å². The summed E-state index contributed by atoms with van der Waals surface area (Å²) >= 11 is 1.54. The number of amides is 1. The van der Waals surface area contributed by atoms with E-state index >= 15 is 0 Å². The summed E-state index contributed by atoms with van der Waals surface area (Å²) in [6, 6.07) is 8.25. The number of anilines is 1. The maximum atomic E-state index is 12.7. The van der Waals surface area contributed by atoms with Gasteiger partial charge in [0.25, 0.3) is 0 Å². The largest absolute Gasteiger partial charge is 0.468 e. The van der Waals surface area contributed by atoms with Crippen molar-refractivity contribution in [3.05, 3.63) is 42.4 Å². The van der Waals surface area contributed by atoms with E-state index < -0.39 is 10.0 Å². The Balaban J connectivity index is 1.89. The first-order valence-corrected chi connectivity index (χ1v) is 9.45. The predicted molar refractivity (Wildman–Crippen MR) is 87.8 cm³/mol. The number of carbonyl (C=O) groups is 1. The van der Waals surface area contributed by atoms with Crippen molar-refractivity contribution >= 4 is 33.4 Å². The second-order valence-corrected chi connectivity index (χ2v) is 8.33. The molecule has 1 aliphatic rings. The zero-order chi connectivity index (χ0) is 16.4. The van der Waals surface area contributed by atoms with Gasteiger partial charge in [-0.05, 0) is 30.3 Å². The first-order valence-electron chi connectivity index (χ1n) is 7.02. The van der Waals surface area contributed by atoms with Gasteiger partial charge in [-0.2, -0.15) is 4.31 Å². The summed E-state index contributed by atoms with van der Waals surface area (Å²) in [5, 5.41) is 2.76. The van der Waals surface area contributed by atoms with E-state index in [0.29, 0.717) is 23.6 Å². The van der Waals surface area contributed by atoms with Gasteiger partial charge in [-0.15, -0.1) is 11.8 Å².